The van der Waals surface area contributed by atoms with E-state index in [1.165, 1.54) is 0 Å². The standard InChI is InChI=1S/C12H22N4O/c1-4-13-9-11-14-7-8-16(11)10-12(17)15(5-2)6-3/h7-8,13H,4-6,9-10H2,1-3H3. The van der Waals surface area contributed by atoms with Crippen LogP contribution in [0.4, 0.5) is 0 Å². The lowest BCUT2D eigenvalue weighted by atomic mass is 10.4. The molecule has 0 aliphatic rings. The Morgan fingerprint density at radius 2 is 2.12 bits per heavy atom. The van der Waals surface area contributed by atoms with Gasteiger partial charge < -0.3 is 14.8 Å². The molecule has 0 aliphatic heterocycles. The van der Waals surface area contributed by atoms with E-state index in [9.17, 15) is 4.79 Å². The van der Waals surface area contributed by atoms with Gasteiger partial charge in [-0.2, -0.15) is 0 Å². The SMILES string of the molecule is CCNCc1nccn1CC(=O)N(CC)CC. The van der Waals surface area contributed by atoms with Gasteiger partial charge in [0.2, 0.25) is 5.91 Å². The minimum absolute atomic E-state index is 0.144. The number of hydrogen-bond donors (Lipinski definition) is 1. The molecule has 0 saturated heterocycles. The number of nitrogens with zero attached hydrogens (tertiary/aromatic N) is 3. The van der Waals surface area contributed by atoms with Crippen LogP contribution in [0.5, 0.6) is 0 Å². The first-order valence-electron chi connectivity index (χ1n) is 6.21. The average molecular weight is 238 g/mol. The fourth-order valence-corrected chi connectivity index (χ4v) is 1.71. The number of imidazole rings is 1. The number of carbonyl (C=O) groups is 1. The molecule has 1 aromatic rings. The lowest BCUT2D eigenvalue weighted by Crippen LogP contribution is -2.34. The Hall–Kier alpha value is -1.36. The first kappa shape index (κ1) is 13.7. The number of nitrogens with one attached hydrogen (secondary N) is 1. The molecule has 96 valence electrons. The van der Waals surface area contributed by atoms with E-state index in [-0.39, 0.29) is 5.91 Å². The fourth-order valence-electron chi connectivity index (χ4n) is 1.71. The zero-order valence-corrected chi connectivity index (χ0v) is 10.9. The van der Waals surface area contributed by atoms with Crippen molar-refractivity contribution in [3.05, 3.63) is 18.2 Å². The van der Waals surface area contributed by atoms with Gasteiger partial charge in [0, 0.05) is 25.5 Å². The molecule has 0 radical (unpaired) electrons. The Labute approximate surface area is 103 Å². The average Bonchev–Trinajstić information content (AvgIpc) is 2.75. The Kier molecular flexibility index (Phi) is 5.69. The summed E-state index contributed by atoms with van der Waals surface area (Å²) < 4.78 is 1.91. The lowest BCUT2D eigenvalue weighted by molar-refractivity contribution is -0.131. The highest BCUT2D eigenvalue weighted by molar-refractivity contribution is 5.75. The van der Waals surface area contributed by atoms with Crippen molar-refractivity contribution in [3.63, 3.8) is 0 Å². The van der Waals surface area contributed by atoms with Gasteiger partial charge in [0.05, 0.1) is 6.54 Å². The number of likely N-dealkylation sites (N-methyl/N-ethyl adjacent to an activating group) is 1. The van der Waals surface area contributed by atoms with Crippen LogP contribution in [0, 0.1) is 0 Å². The van der Waals surface area contributed by atoms with E-state index in [1.807, 2.05) is 36.4 Å². The summed E-state index contributed by atoms with van der Waals surface area (Å²) in [5.74, 6) is 1.05. The zero-order chi connectivity index (χ0) is 12.7. The van der Waals surface area contributed by atoms with Gasteiger partial charge in [-0.1, -0.05) is 6.92 Å². The van der Waals surface area contributed by atoms with Crippen LogP contribution >= 0.6 is 0 Å². The minimum atomic E-state index is 0.144. The number of aromatic nitrogens is 2. The second kappa shape index (κ2) is 7.06. The minimum Gasteiger partial charge on any atom is -0.342 e. The molecule has 1 N–H and O–H groups in total. The summed E-state index contributed by atoms with van der Waals surface area (Å²) in [7, 11) is 0. The third-order valence-corrected chi connectivity index (χ3v) is 2.76. The molecule has 0 aliphatic carbocycles. The molecular formula is C12H22N4O. The van der Waals surface area contributed by atoms with E-state index < -0.39 is 0 Å². The van der Waals surface area contributed by atoms with Crippen LogP contribution in [0.1, 0.15) is 26.6 Å². The van der Waals surface area contributed by atoms with Crippen molar-refractivity contribution in [2.75, 3.05) is 19.6 Å². The van der Waals surface area contributed by atoms with Crippen LogP contribution in [-0.4, -0.2) is 40.0 Å². The van der Waals surface area contributed by atoms with Crippen molar-refractivity contribution in [2.45, 2.75) is 33.9 Å². The van der Waals surface area contributed by atoms with Crippen molar-refractivity contribution in [3.8, 4) is 0 Å². The molecule has 0 bridgehead atoms. The summed E-state index contributed by atoms with van der Waals surface area (Å²) in [4.78, 5) is 18.0. The fraction of sp³-hybridized carbons (Fsp3) is 0.667. The third-order valence-electron chi connectivity index (χ3n) is 2.76. The Balaban J connectivity index is 2.61. The largest absolute Gasteiger partial charge is 0.342 e. The molecule has 0 fully saturated rings. The molecule has 5 heteroatoms. The predicted molar refractivity (Wildman–Crippen MR) is 67.5 cm³/mol. The first-order chi connectivity index (χ1) is 8.22. The van der Waals surface area contributed by atoms with Crippen LogP contribution in [0.15, 0.2) is 12.4 Å². The molecule has 1 rings (SSSR count). The number of hydrogen-bond acceptors (Lipinski definition) is 3. The van der Waals surface area contributed by atoms with E-state index in [4.69, 9.17) is 0 Å². The van der Waals surface area contributed by atoms with Crippen LogP contribution in [0.2, 0.25) is 0 Å². The number of carbonyl (C=O) groups excluding carboxylic acids is 1. The maximum absolute atomic E-state index is 12.0. The molecule has 5 nitrogen and oxygen atoms in total. The molecule has 0 saturated carbocycles. The Morgan fingerprint density at radius 1 is 1.41 bits per heavy atom. The highest BCUT2D eigenvalue weighted by atomic mass is 16.2. The van der Waals surface area contributed by atoms with E-state index in [0.29, 0.717) is 13.1 Å². The van der Waals surface area contributed by atoms with E-state index in [1.54, 1.807) is 6.20 Å². The van der Waals surface area contributed by atoms with Crippen LogP contribution in [0.3, 0.4) is 0 Å². The highest BCUT2D eigenvalue weighted by Crippen LogP contribution is 2.00. The quantitative estimate of drug-likeness (QED) is 0.766. The summed E-state index contributed by atoms with van der Waals surface area (Å²) in [5, 5.41) is 3.21. The van der Waals surface area contributed by atoms with Gasteiger partial charge in [-0.15, -0.1) is 0 Å². The van der Waals surface area contributed by atoms with Gasteiger partial charge in [-0.05, 0) is 20.4 Å². The number of amides is 1. The first-order valence-corrected chi connectivity index (χ1v) is 6.21. The Morgan fingerprint density at radius 3 is 2.71 bits per heavy atom. The zero-order valence-electron chi connectivity index (χ0n) is 10.9. The summed E-state index contributed by atoms with van der Waals surface area (Å²) in [6, 6.07) is 0. The Bertz CT molecular complexity index is 344. The molecule has 1 amide bonds. The summed E-state index contributed by atoms with van der Waals surface area (Å²) >= 11 is 0. The van der Waals surface area contributed by atoms with Crippen molar-refractivity contribution in [1.82, 2.24) is 19.8 Å². The molecule has 1 aromatic heterocycles. The maximum atomic E-state index is 12.0. The molecule has 0 atom stereocenters. The van der Waals surface area contributed by atoms with Gasteiger partial charge in [0.1, 0.15) is 12.4 Å². The molecule has 0 unspecified atom stereocenters. The van der Waals surface area contributed by atoms with Crippen LogP contribution in [0.25, 0.3) is 0 Å². The van der Waals surface area contributed by atoms with E-state index >= 15 is 0 Å². The van der Waals surface area contributed by atoms with Crippen molar-refractivity contribution < 1.29 is 4.79 Å². The van der Waals surface area contributed by atoms with E-state index in [2.05, 4.69) is 10.3 Å². The van der Waals surface area contributed by atoms with E-state index in [0.717, 1.165) is 25.5 Å². The van der Waals surface area contributed by atoms with Crippen molar-refractivity contribution in [2.24, 2.45) is 0 Å². The molecular weight excluding hydrogens is 216 g/mol. The van der Waals surface area contributed by atoms with Gasteiger partial charge in [0.15, 0.2) is 0 Å². The smallest absolute Gasteiger partial charge is 0.242 e. The maximum Gasteiger partial charge on any atom is 0.242 e. The highest BCUT2D eigenvalue weighted by Gasteiger charge is 2.12. The second-order valence-corrected chi connectivity index (χ2v) is 3.82. The normalized spacial score (nSPS) is 10.5. The van der Waals surface area contributed by atoms with Gasteiger partial charge in [-0.3, -0.25) is 4.79 Å². The topological polar surface area (TPSA) is 50.2 Å². The predicted octanol–water partition coefficient (Wildman–Crippen LogP) is 0.861. The summed E-state index contributed by atoms with van der Waals surface area (Å²) in [5.41, 5.74) is 0. The van der Waals surface area contributed by atoms with Gasteiger partial charge in [0.25, 0.3) is 0 Å². The monoisotopic (exact) mass is 238 g/mol. The van der Waals surface area contributed by atoms with Crippen molar-refractivity contribution in [1.29, 1.82) is 0 Å². The van der Waals surface area contributed by atoms with Crippen LogP contribution < -0.4 is 5.32 Å². The van der Waals surface area contributed by atoms with Crippen molar-refractivity contribution >= 4 is 5.91 Å². The lowest BCUT2D eigenvalue weighted by Gasteiger charge is -2.19. The molecule has 17 heavy (non-hydrogen) atoms. The van der Waals surface area contributed by atoms with Gasteiger partial charge in [-0.25, -0.2) is 4.98 Å². The number of rotatable bonds is 7. The summed E-state index contributed by atoms with van der Waals surface area (Å²) in [6.45, 7) is 9.53. The second-order valence-electron chi connectivity index (χ2n) is 3.82. The van der Waals surface area contributed by atoms with Crippen LogP contribution in [-0.2, 0) is 17.9 Å². The molecule has 0 aromatic carbocycles. The molecule has 0 spiro atoms. The summed E-state index contributed by atoms with van der Waals surface area (Å²) in [6.07, 6.45) is 3.59. The van der Waals surface area contributed by atoms with Gasteiger partial charge >= 0.3 is 0 Å². The molecule has 1 heterocycles. The third kappa shape index (κ3) is 3.85.